The summed E-state index contributed by atoms with van der Waals surface area (Å²) in [6, 6.07) is 9.03. The molecule has 1 aromatic rings. The molecule has 2 heteroatoms. The number of aryl methyl sites for hydroxylation is 1. The molecule has 1 atom stereocenters. The first-order valence-corrected chi connectivity index (χ1v) is 5.94. The smallest absolute Gasteiger partial charge is 0.0552 e. The molecule has 82 valence electrons. The Morgan fingerprint density at radius 2 is 2.20 bits per heavy atom. The van der Waals surface area contributed by atoms with Gasteiger partial charge in [0, 0.05) is 6.04 Å². The van der Waals surface area contributed by atoms with E-state index in [4.69, 9.17) is 5.84 Å². The fraction of sp³-hybridized carbons (Fsp3) is 0.538. The highest BCUT2D eigenvalue weighted by atomic mass is 15.4. The number of anilines is 1. The minimum absolute atomic E-state index is 0.542. The minimum Gasteiger partial charge on any atom is -0.308 e. The van der Waals surface area contributed by atoms with Crippen LogP contribution in [0.3, 0.4) is 0 Å². The molecular weight excluding hydrogens is 184 g/mol. The van der Waals surface area contributed by atoms with E-state index in [-0.39, 0.29) is 0 Å². The SMILES string of the molecule is CCCCC1CCc2ccccc2N1N. The molecule has 0 amide bonds. The second-order valence-corrected chi connectivity index (χ2v) is 4.37. The predicted molar refractivity (Wildman–Crippen MR) is 64.7 cm³/mol. The van der Waals surface area contributed by atoms with Gasteiger partial charge in [-0.05, 0) is 30.9 Å². The summed E-state index contributed by atoms with van der Waals surface area (Å²) in [4.78, 5) is 0. The number of para-hydroxylation sites is 1. The third kappa shape index (κ3) is 2.15. The molecule has 0 aliphatic carbocycles. The first-order chi connectivity index (χ1) is 7.33. The average molecular weight is 204 g/mol. The fourth-order valence-corrected chi connectivity index (χ4v) is 2.36. The average Bonchev–Trinajstić information content (AvgIpc) is 2.29. The number of fused-ring (bicyclic) bond motifs is 1. The molecule has 2 nitrogen and oxygen atoms in total. The summed E-state index contributed by atoms with van der Waals surface area (Å²) < 4.78 is 0. The molecule has 0 fully saturated rings. The number of benzene rings is 1. The van der Waals surface area contributed by atoms with E-state index in [1.165, 1.54) is 43.4 Å². The Labute approximate surface area is 92.1 Å². The molecular formula is C13H20N2. The van der Waals surface area contributed by atoms with Crippen LogP contribution in [0.4, 0.5) is 5.69 Å². The van der Waals surface area contributed by atoms with Crippen LogP contribution in [0.2, 0.25) is 0 Å². The van der Waals surface area contributed by atoms with Crippen molar-refractivity contribution >= 4 is 5.69 Å². The predicted octanol–water partition coefficient (Wildman–Crippen LogP) is 2.87. The van der Waals surface area contributed by atoms with E-state index in [0.717, 1.165) is 0 Å². The lowest BCUT2D eigenvalue weighted by Crippen LogP contribution is -2.44. The maximum absolute atomic E-state index is 6.16. The van der Waals surface area contributed by atoms with Gasteiger partial charge in [0.15, 0.2) is 0 Å². The van der Waals surface area contributed by atoms with Gasteiger partial charge >= 0.3 is 0 Å². The number of hydrogen-bond donors (Lipinski definition) is 1. The van der Waals surface area contributed by atoms with Gasteiger partial charge in [0.1, 0.15) is 0 Å². The van der Waals surface area contributed by atoms with Crippen LogP contribution in [-0.2, 0) is 6.42 Å². The lowest BCUT2D eigenvalue weighted by Gasteiger charge is -2.35. The van der Waals surface area contributed by atoms with Crippen LogP contribution >= 0.6 is 0 Å². The van der Waals surface area contributed by atoms with Crippen LogP contribution in [0.25, 0.3) is 0 Å². The lowest BCUT2D eigenvalue weighted by molar-refractivity contribution is 0.485. The summed E-state index contributed by atoms with van der Waals surface area (Å²) in [6.07, 6.45) is 6.14. The number of rotatable bonds is 3. The summed E-state index contributed by atoms with van der Waals surface area (Å²) >= 11 is 0. The van der Waals surface area contributed by atoms with Gasteiger partial charge in [0.25, 0.3) is 0 Å². The van der Waals surface area contributed by atoms with Crippen molar-refractivity contribution < 1.29 is 0 Å². The normalized spacial score (nSPS) is 20.1. The Bertz CT molecular complexity index is 322. The second kappa shape index (κ2) is 4.67. The summed E-state index contributed by atoms with van der Waals surface area (Å²) in [6.45, 7) is 2.23. The standard InChI is InChI=1S/C13H20N2/c1-2-3-7-12-10-9-11-6-4-5-8-13(11)15(12)14/h4-6,8,12H,2-3,7,9-10,14H2,1H3. The van der Waals surface area contributed by atoms with Gasteiger partial charge in [0.05, 0.1) is 5.69 Å². The topological polar surface area (TPSA) is 29.3 Å². The Balaban J connectivity index is 2.11. The van der Waals surface area contributed by atoms with E-state index in [9.17, 15) is 0 Å². The fourth-order valence-electron chi connectivity index (χ4n) is 2.36. The molecule has 0 bridgehead atoms. The monoisotopic (exact) mass is 204 g/mol. The molecule has 1 aliphatic rings. The van der Waals surface area contributed by atoms with Crippen LogP contribution < -0.4 is 10.9 Å². The van der Waals surface area contributed by atoms with E-state index in [2.05, 4.69) is 31.2 Å². The highest BCUT2D eigenvalue weighted by Crippen LogP contribution is 2.29. The van der Waals surface area contributed by atoms with Crippen LogP contribution in [0.15, 0.2) is 24.3 Å². The van der Waals surface area contributed by atoms with E-state index >= 15 is 0 Å². The van der Waals surface area contributed by atoms with Gasteiger partial charge in [-0.2, -0.15) is 0 Å². The minimum atomic E-state index is 0.542. The van der Waals surface area contributed by atoms with Crippen molar-refractivity contribution in [1.29, 1.82) is 0 Å². The van der Waals surface area contributed by atoms with E-state index in [1.807, 2.05) is 5.01 Å². The number of hydrogen-bond acceptors (Lipinski definition) is 2. The molecule has 1 aliphatic heterocycles. The molecule has 2 rings (SSSR count). The van der Waals surface area contributed by atoms with Crippen molar-refractivity contribution in [2.24, 2.45) is 5.84 Å². The Hall–Kier alpha value is -1.02. The number of unbranched alkanes of at least 4 members (excludes halogenated alkanes) is 1. The van der Waals surface area contributed by atoms with Crippen molar-refractivity contribution in [2.75, 3.05) is 5.01 Å². The number of hydrazine groups is 1. The lowest BCUT2D eigenvalue weighted by atomic mass is 9.94. The third-order valence-corrected chi connectivity index (χ3v) is 3.30. The molecule has 0 saturated carbocycles. The molecule has 0 spiro atoms. The second-order valence-electron chi connectivity index (χ2n) is 4.37. The van der Waals surface area contributed by atoms with Gasteiger partial charge in [-0.3, -0.25) is 0 Å². The van der Waals surface area contributed by atoms with Crippen LogP contribution in [0, 0.1) is 0 Å². The van der Waals surface area contributed by atoms with Gasteiger partial charge < -0.3 is 5.01 Å². The quantitative estimate of drug-likeness (QED) is 0.767. The first kappa shape index (κ1) is 10.5. The zero-order valence-electron chi connectivity index (χ0n) is 9.45. The van der Waals surface area contributed by atoms with Crippen molar-refractivity contribution in [3.63, 3.8) is 0 Å². The number of nitrogens with zero attached hydrogens (tertiary/aromatic N) is 1. The molecule has 1 unspecified atom stereocenters. The van der Waals surface area contributed by atoms with Crippen molar-refractivity contribution in [1.82, 2.24) is 0 Å². The molecule has 0 saturated heterocycles. The molecule has 1 heterocycles. The summed E-state index contributed by atoms with van der Waals surface area (Å²) in [5.74, 6) is 6.16. The molecule has 15 heavy (non-hydrogen) atoms. The van der Waals surface area contributed by atoms with Crippen LogP contribution in [-0.4, -0.2) is 6.04 Å². The molecule has 0 aromatic heterocycles. The maximum Gasteiger partial charge on any atom is 0.0552 e. The highest BCUT2D eigenvalue weighted by Gasteiger charge is 2.22. The van der Waals surface area contributed by atoms with E-state index in [0.29, 0.717) is 6.04 Å². The summed E-state index contributed by atoms with van der Waals surface area (Å²) in [5.41, 5.74) is 2.62. The van der Waals surface area contributed by atoms with Crippen LogP contribution in [0.1, 0.15) is 38.2 Å². The van der Waals surface area contributed by atoms with Gasteiger partial charge in [-0.15, -0.1) is 0 Å². The molecule has 1 aromatic carbocycles. The van der Waals surface area contributed by atoms with Crippen molar-refractivity contribution in [3.05, 3.63) is 29.8 Å². The summed E-state index contributed by atoms with van der Waals surface area (Å²) in [5, 5.41) is 1.98. The Morgan fingerprint density at radius 1 is 1.40 bits per heavy atom. The maximum atomic E-state index is 6.16. The van der Waals surface area contributed by atoms with E-state index in [1.54, 1.807) is 0 Å². The first-order valence-electron chi connectivity index (χ1n) is 5.94. The van der Waals surface area contributed by atoms with Crippen molar-refractivity contribution in [2.45, 2.75) is 45.1 Å². The van der Waals surface area contributed by atoms with Crippen LogP contribution in [0.5, 0.6) is 0 Å². The zero-order chi connectivity index (χ0) is 10.7. The van der Waals surface area contributed by atoms with Gasteiger partial charge in [-0.25, -0.2) is 5.84 Å². The highest BCUT2D eigenvalue weighted by molar-refractivity contribution is 5.55. The van der Waals surface area contributed by atoms with Gasteiger partial charge in [-0.1, -0.05) is 38.0 Å². The Morgan fingerprint density at radius 3 is 3.00 bits per heavy atom. The zero-order valence-corrected chi connectivity index (χ0v) is 9.45. The number of nitrogens with two attached hydrogens (primary N) is 1. The van der Waals surface area contributed by atoms with E-state index < -0.39 is 0 Å². The van der Waals surface area contributed by atoms with Gasteiger partial charge in [0.2, 0.25) is 0 Å². The summed E-state index contributed by atoms with van der Waals surface area (Å²) in [7, 11) is 0. The molecule has 0 radical (unpaired) electrons. The van der Waals surface area contributed by atoms with Crippen molar-refractivity contribution in [3.8, 4) is 0 Å². The largest absolute Gasteiger partial charge is 0.308 e. The molecule has 2 N–H and O–H groups in total. The third-order valence-electron chi connectivity index (χ3n) is 3.30. The Kier molecular flexibility index (Phi) is 3.27.